The van der Waals surface area contributed by atoms with E-state index in [0.29, 0.717) is 0 Å². The molecule has 2 rings (SSSR count). The average molecular weight is 207 g/mol. The molecule has 1 aromatic rings. The maximum Gasteiger partial charge on any atom is 0.120 e. The van der Waals surface area contributed by atoms with Crippen molar-refractivity contribution in [2.75, 3.05) is 38.2 Å². The van der Waals surface area contributed by atoms with Gasteiger partial charge in [-0.1, -0.05) is 6.07 Å². The summed E-state index contributed by atoms with van der Waals surface area (Å²) in [6.45, 7) is 3.78. The summed E-state index contributed by atoms with van der Waals surface area (Å²) in [6, 6.07) is 8.15. The highest BCUT2D eigenvalue weighted by Crippen LogP contribution is 2.21. The molecular formula is C11H17N3O. The van der Waals surface area contributed by atoms with Gasteiger partial charge in [0.25, 0.3) is 0 Å². The standard InChI is InChI=1S/C11H17N3O/c1-15-11-4-2-3-10(9-11)13-5-7-14(12)8-6-13/h2-4,9H,5-8,12H2,1H3. The second kappa shape index (κ2) is 4.51. The van der Waals surface area contributed by atoms with E-state index >= 15 is 0 Å². The lowest BCUT2D eigenvalue weighted by Gasteiger charge is -2.33. The summed E-state index contributed by atoms with van der Waals surface area (Å²) in [5.74, 6) is 6.62. The van der Waals surface area contributed by atoms with Crippen molar-refractivity contribution in [1.29, 1.82) is 0 Å². The Labute approximate surface area is 90.2 Å². The van der Waals surface area contributed by atoms with E-state index in [1.54, 1.807) is 7.11 Å². The maximum absolute atomic E-state index is 5.71. The van der Waals surface area contributed by atoms with Crippen molar-refractivity contribution in [3.8, 4) is 5.75 Å². The van der Waals surface area contributed by atoms with Gasteiger partial charge in [-0.05, 0) is 12.1 Å². The number of ether oxygens (including phenoxy) is 1. The van der Waals surface area contributed by atoms with Gasteiger partial charge < -0.3 is 9.64 Å². The Morgan fingerprint density at radius 3 is 2.60 bits per heavy atom. The van der Waals surface area contributed by atoms with Gasteiger partial charge in [0, 0.05) is 37.9 Å². The molecule has 4 heteroatoms. The lowest BCUT2D eigenvalue weighted by atomic mass is 10.2. The number of nitrogens with zero attached hydrogens (tertiary/aromatic N) is 2. The van der Waals surface area contributed by atoms with E-state index in [-0.39, 0.29) is 0 Å². The lowest BCUT2D eigenvalue weighted by molar-refractivity contribution is 0.266. The quantitative estimate of drug-likeness (QED) is 0.725. The van der Waals surface area contributed by atoms with Crippen molar-refractivity contribution in [3.05, 3.63) is 24.3 Å². The Morgan fingerprint density at radius 2 is 1.93 bits per heavy atom. The number of hydrazine groups is 1. The Bertz CT molecular complexity index is 321. The van der Waals surface area contributed by atoms with Crippen molar-refractivity contribution in [1.82, 2.24) is 5.01 Å². The third-order valence-corrected chi connectivity index (χ3v) is 2.73. The van der Waals surface area contributed by atoms with E-state index in [2.05, 4.69) is 17.0 Å². The molecule has 2 N–H and O–H groups in total. The summed E-state index contributed by atoms with van der Waals surface area (Å²) >= 11 is 0. The smallest absolute Gasteiger partial charge is 0.120 e. The SMILES string of the molecule is COc1cccc(N2CCN(N)CC2)c1. The van der Waals surface area contributed by atoms with E-state index in [9.17, 15) is 0 Å². The van der Waals surface area contributed by atoms with Crippen LogP contribution in [-0.4, -0.2) is 38.3 Å². The number of piperazine rings is 1. The molecule has 0 aliphatic carbocycles. The molecule has 1 aromatic carbocycles. The molecule has 0 spiro atoms. The molecule has 1 aliphatic rings. The number of hydrogen-bond donors (Lipinski definition) is 1. The number of methoxy groups -OCH3 is 1. The molecule has 0 saturated carbocycles. The fourth-order valence-corrected chi connectivity index (χ4v) is 1.79. The van der Waals surface area contributed by atoms with Crippen LogP contribution in [0.1, 0.15) is 0 Å². The van der Waals surface area contributed by atoms with Gasteiger partial charge in [0.05, 0.1) is 7.11 Å². The monoisotopic (exact) mass is 207 g/mol. The summed E-state index contributed by atoms with van der Waals surface area (Å²) in [5, 5.41) is 1.86. The molecule has 1 heterocycles. The first-order chi connectivity index (χ1) is 7.29. The topological polar surface area (TPSA) is 41.7 Å². The zero-order valence-electron chi connectivity index (χ0n) is 9.02. The van der Waals surface area contributed by atoms with Crippen LogP contribution in [0, 0.1) is 0 Å². The third kappa shape index (κ3) is 2.40. The largest absolute Gasteiger partial charge is 0.497 e. The van der Waals surface area contributed by atoms with E-state index < -0.39 is 0 Å². The number of rotatable bonds is 2. The highest BCUT2D eigenvalue weighted by molar-refractivity contribution is 5.51. The van der Waals surface area contributed by atoms with E-state index in [1.807, 2.05) is 17.1 Å². The summed E-state index contributed by atoms with van der Waals surface area (Å²) in [7, 11) is 1.69. The Kier molecular flexibility index (Phi) is 3.08. The van der Waals surface area contributed by atoms with Crippen LogP contribution in [-0.2, 0) is 0 Å². The van der Waals surface area contributed by atoms with E-state index in [1.165, 1.54) is 5.69 Å². The summed E-state index contributed by atoms with van der Waals surface area (Å²) < 4.78 is 5.21. The molecule has 0 aromatic heterocycles. The molecule has 0 amide bonds. The second-order valence-corrected chi connectivity index (χ2v) is 3.72. The Hall–Kier alpha value is -1.26. The number of benzene rings is 1. The molecule has 82 valence electrons. The van der Waals surface area contributed by atoms with Gasteiger partial charge in [0.2, 0.25) is 0 Å². The highest BCUT2D eigenvalue weighted by Gasteiger charge is 2.14. The summed E-state index contributed by atoms with van der Waals surface area (Å²) in [4.78, 5) is 2.33. The van der Waals surface area contributed by atoms with Crippen molar-refractivity contribution in [2.24, 2.45) is 5.84 Å². The molecule has 0 radical (unpaired) electrons. The first-order valence-electron chi connectivity index (χ1n) is 5.18. The van der Waals surface area contributed by atoms with Crippen molar-refractivity contribution in [2.45, 2.75) is 0 Å². The fraction of sp³-hybridized carbons (Fsp3) is 0.455. The molecule has 1 aliphatic heterocycles. The molecule has 1 fully saturated rings. The molecule has 1 saturated heterocycles. The van der Waals surface area contributed by atoms with Gasteiger partial charge in [0.15, 0.2) is 0 Å². The first kappa shape index (κ1) is 10.3. The zero-order chi connectivity index (χ0) is 10.7. The minimum absolute atomic E-state index is 0.905. The third-order valence-electron chi connectivity index (χ3n) is 2.73. The fourth-order valence-electron chi connectivity index (χ4n) is 1.79. The summed E-state index contributed by atoms with van der Waals surface area (Å²) in [6.07, 6.45) is 0. The van der Waals surface area contributed by atoms with Crippen LogP contribution < -0.4 is 15.5 Å². The second-order valence-electron chi connectivity index (χ2n) is 3.72. The lowest BCUT2D eigenvalue weighted by Crippen LogP contribution is -2.49. The molecule has 15 heavy (non-hydrogen) atoms. The van der Waals surface area contributed by atoms with Crippen LogP contribution in [0.5, 0.6) is 5.75 Å². The van der Waals surface area contributed by atoms with E-state index in [0.717, 1.165) is 31.9 Å². The van der Waals surface area contributed by atoms with Gasteiger partial charge in [-0.25, -0.2) is 5.01 Å². The number of anilines is 1. The van der Waals surface area contributed by atoms with Crippen LogP contribution in [0.2, 0.25) is 0 Å². The van der Waals surface area contributed by atoms with Crippen LogP contribution in [0.4, 0.5) is 5.69 Å². The molecule has 4 nitrogen and oxygen atoms in total. The van der Waals surface area contributed by atoms with Gasteiger partial charge in [0.1, 0.15) is 5.75 Å². The Balaban J connectivity index is 2.08. The maximum atomic E-state index is 5.71. The predicted octanol–water partition coefficient (Wildman–Crippen LogP) is 0.691. The minimum atomic E-state index is 0.905. The minimum Gasteiger partial charge on any atom is -0.497 e. The first-order valence-corrected chi connectivity index (χ1v) is 5.18. The van der Waals surface area contributed by atoms with Gasteiger partial charge in [-0.15, -0.1) is 0 Å². The average Bonchev–Trinajstić information content (AvgIpc) is 2.30. The molecule has 0 bridgehead atoms. The van der Waals surface area contributed by atoms with Gasteiger partial charge in [-0.3, -0.25) is 5.84 Å². The predicted molar refractivity (Wildman–Crippen MR) is 61.0 cm³/mol. The normalized spacial score (nSPS) is 17.9. The van der Waals surface area contributed by atoms with Crippen LogP contribution in [0.25, 0.3) is 0 Å². The van der Waals surface area contributed by atoms with Crippen LogP contribution in [0.15, 0.2) is 24.3 Å². The summed E-state index contributed by atoms with van der Waals surface area (Å²) in [5.41, 5.74) is 1.21. The van der Waals surface area contributed by atoms with Crippen LogP contribution >= 0.6 is 0 Å². The van der Waals surface area contributed by atoms with Crippen LogP contribution in [0.3, 0.4) is 0 Å². The number of nitrogens with two attached hydrogens (primary N) is 1. The van der Waals surface area contributed by atoms with Gasteiger partial charge >= 0.3 is 0 Å². The molecule has 0 atom stereocenters. The highest BCUT2D eigenvalue weighted by atomic mass is 16.5. The number of hydrogen-bond acceptors (Lipinski definition) is 4. The van der Waals surface area contributed by atoms with Gasteiger partial charge in [-0.2, -0.15) is 0 Å². The van der Waals surface area contributed by atoms with Crippen molar-refractivity contribution < 1.29 is 4.74 Å². The van der Waals surface area contributed by atoms with Crippen molar-refractivity contribution in [3.63, 3.8) is 0 Å². The van der Waals surface area contributed by atoms with E-state index in [4.69, 9.17) is 10.6 Å². The zero-order valence-corrected chi connectivity index (χ0v) is 9.02. The molecule has 0 unspecified atom stereocenters. The Morgan fingerprint density at radius 1 is 1.20 bits per heavy atom. The van der Waals surface area contributed by atoms with Crippen molar-refractivity contribution >= 4 is 5.69 Å². The molecular weight excluding hydrogens is 190 g/mol.